The number of hydrogen-bond acceptors (Lipinski definition) is 6. The summed E-state index contributed by atoms with van der Waals surface area (Å²) in [7, 11) is 0. The molecule has 2 aromatic carbocycles. The first-order valence-electron chi connectivity index (χ1n) is 9.69. The van der Waals surface area contributed by atoms with Gasteiger partial charge in [-0.1, -0.05) is 37.9 Å². The maximum absolute atomic E-state index is 12.6. The van der Waals surface area contributed by atoms with Crippen LogP contribution in [-0.4, -0.2) is 38.4 Å². The Morgan fingerprint density at radius 1 is 0.839 bits per heavy atom. The van der Waals surface area contributed by atoms with E-state index in [1.54, 1.807) is 30.3 Å². The molecule has 0 aliphatic heterocycles. The molecule has 31 heavy (non-hydrogen) atoms. The van der Waals surface area contributed by atoms with Crippen molar-refractivity contribution in [1.29, 1.82) is 0 Å². The summed E-state index contributed by atoms with van der Waals surface area (Å²) in [4.78, 5) is 25.2. The van der Waals surface area contributed by atoms with Crippen molar-refractivity contribution in [3.63, 3.8) is 0 Å². The fourth-order valence-electron chi connectivity index (χ4n) is 3.03. The van der Waals surface area contributed by atoms with Crippen LogP contribution in [0.5, 0.6) is 11.5 Å². The average molecular weight is 554 g/mol. The van der Waals surface area contributed by atoms with Crippen molar-refractivity contribution < 1.29 is 28.5 Å². The van der Waals surface area contributed by atoms with Crippen LogP contribution in [0.15, 0.2) is 70.1 Å². The van der Waals surface area contributed by atoms with Crippen molar-refractivity contribution in [2.24, 2.45) is 11.3 Å². The fourth-order valence-corrected chi connectivity index (χ4v) is 3.56. The molecule has 1 unspecified atom stereocenters. The highest BCUT2D eigenvalue weighted by Crippen LogP contribution is 2.55. The monoisotopic (exact) mass is 552 g/mol. The van der Waals surface area contributed by atoms with Crippen LogP contribution in [0.2, 0.25) is 0 Å². The van der Waals surface area contributed by atoms with Crippen LogP contribution >= 0.6 is 31.9 Å². The minimum Gasteiger partial charge on any atom is -0.490 e. The number of carbonyl (C=O) groups excluding carboxylic acids is 2. The highest BCUT2D eigenvalue weighted by molar-refractivity contribution is 9.10. The van der Waals surface area contributed by atoms with Gasteiger partial charge in [-0.3, -0.25) is 9.59 Å². The molecular formula is C23H22Br2O6. The van der Waals surface area contributed by atoms with E-state index in [9.17, 15) is 9.59 Å². The number of halogens is 2. The van der Waals surface area contributed by atoms with Crippen LogP contribution in [0.4, 0.5) is 0 Å². The second-order valence-electron chi connectivity index (χ2n) is 6.89. The van der Waals surface area contributed by atoms with Crippen molar-refractivity contribution in [1.82, 2.24) is 0 Å². The summed E-state index contributed by atoms with van der Waals surface area (Å²) in [6.07, 6.45) is 1.91. The predicted octanol–water partition coefficient (Wildman–Crippen LogP) is 4.95. The molecule has 3 rings (SSSR count). The van der Waals surface area contributed by atoms with Gasteiger partial charge in [0.2, 0.25) is 0 Å². The Morgan fingerprint density at radius 3 is 1.61 bits per heavy atom. The smallest absolute Gasteiger partial charge is 0.324 e. The third kappa shape index (κ3) is 6.11. The summed E-state index contributed by atoms with van der Waals surface area (Å²) in [5.41, 5.74) is -1.32. The summed E-state index contributed by atoms with van der Waals surface area (Å²) < 4.78 is 23.5. The number of ether oxygens (including phenoxy) is 4. The molecule has 1 saturated carbocycles. The number of rotatable bonds is 11. The van der Waals surface area contributed by atoms with E-state index in [0.29, 0.717) is 17.9 Å². The Bertz CT molecular complexity index is 845. The molecule has 6 nitrogen and oxygen atoms in total. The topological polar surface area (TPSA) is 71.1 Å². The van der Waals surface area contributed by atoms with Crippen LogP contribution in [-0.2, 0) is 19.1 Å². The molecule has 0 radical (unpaired) electrons. The normalized spacial score (nSPS) is 16.1. The Morgan fingerprint density at radius 2 is 1.26 bits per heavy atom. The van der Waals surface area contributed by atoms with Gasteiger partial charge in [0.25, 0.3) is 0 Å². The Labute approximate surface area is 197 Å². The minimum atomic E-state index is -1.32. The molecule has 1 fully saturated rings. The summed E-state index contributed by atoms with van der Waals surface area (Å²) >= 11 is 6.70. The maximum atomic E-state index is 12.6. The van der Waals surface area contributed by atoms with Crippen molar-refractivity contribution in [2.45, 2.75) is 6.42 Å². The first kappa shape index (κ1) is 23.3. The van der Waals surface area contributed by atoms with E-state index < -0.39 is 17.4 Å². The number of allylic oxidation sites excluding steroid dienone is 1. The molecule has 0 bridgehead atoms. The standard InChI is InChI=1S/C23H22Br2O6/c1-2-16-15-23(16,21(26)30-13-11-28-19-7-3-17(24)4-8-19)22(27)31-14-12-29-20-9-5-18(25)6-10-20/h2-10,16H,1,11-15H2. The number of carbonyl (C=O) groups is 2. The zero-order valence-electron chi connectivity index (χ0n) is 16.7. The van der Waals surface area contributed by atoms with Gasteiger partial charge in [-0.25, -0.2) is 0 Å². The summed E-state index contributed by atoms with van der Waals surface area (Å²) in [5, 5.41) is 0. The van der Waals surface area contributed by atoms with E-state index in [1.807, 2.05) is 24.3 Å². The molecule has 0 N–H and O–H groups in total. The molecule has 0 aromatic heterocycles. The van der Waals surface area contributed by atoms with E-state index in [2.05, 4.69) is 38.4 Å². The molecule has 8 heteroatoms. The lowest BCUT2D eigenvalue weighted by atomic mass is 10.0. The second kappa shape index (κ2) is 10.8. The molecular weight excluding hydrogens is 532 g/mol. The molecule has 0 amide bonds. The summed E-state index contributed by atoms with van der Waals surface area (Å²) in [5.74, 6) is -0.206. The zero-order chi connectivity index (χ0) is 22.3. The fraction of sp³-hybridized carbons (Fsp3) is 0.304. The lowest BCUT2D eigenvalue weighted by molar-refractivity contribution is -0.166. The molecule has 1 aliphatic carbocycles. The quantitative estimate of drug-likeness (QED) is 0.170. The lowest BCUT2D eigenvalue weighted by Crippen LogP contribution is -2.33. The van der Waals surface area contributed by atoms with Gasteiger partial charge in [0.15, 0.2) is 5.41 Å². The molecule has 0 saturated heterocycles. The van der Waals surface area contributed by atoms with Gasteiger partial charge in [0.05, 0.1) is 0 Å². The Kier molecular flexibility index (Phi) is 8.15. The number of esters is 2. The zero-order valence-corrected chi connectivity index (χ0v) is 19.9. The molecule has 1 aliphatic rings. The van der Waals surface area contributed by atoms with Crippen molar-refractivity contribution in [3.8, 4) is 11.5 Å². The van der Waals surface area contributed by atoms with E-state index >= 15 is 0 Å². The third-order valence-electron chi connectivity index (χ3n) is 4.83. The minimum absolute atomic E-state index is 0.0282. The first-order valence-corrected chi connectivity index (χ1v) is 11.3. The molecule has 0 spiro atoms. The van der Waals surface area contributed by atoms with Gasteiger partial charge in [0, 0.05) is 14.9 Å². The van der Waals surface area contributed by atoms with Crippen LogP contribution < -0.4 is 9.47 Å². The van der Waals surface area contributed by atoms with Gasteiger partial charge >= 0.3 is 11.9 Å². The van der Waals surface area contributed by atoms with E-state index in [1.165, 1.54) is 0 Å². The van der Waals surface area contributed by atoms with E-state index in [4.69, 9.17) is 18.9 Å². The highest BCUT2D eigenvalue weighted by Gasteiger charge is 2.67. The van der Waals surface area contributed by atoms with Crippen molar-refractivity contribution >= 4 is 43.8 Å². The predicted molar refractivity (Wildman–Crippen MR) is 122 cm³/mol. The van der Waals surface area contributed by atoms with Gasteiger partial charge in [-0.15, -0.1) is 6.58 Å². The molecule has 1 atom stereocenters. The third-order valence-corrected chi connectivity index (χ3v) is 5.88. The molecule has 164 valence electrons. The summed E-state index contributed by atoms with van der Waals surface area (Å²) in [6, 6.07) is 14.6. The SMILES string of the molecule is C=CC1CC1(C(=O)OCCOc1ccc(Br)cc1)C(=O)OCCOc1ccc(Br)cc1. The van der Waals surface area contributed by atoms with Crippen molar-refractivity contribution in [3.05, 3.63) is 70.1 Å². The van der Waals surface area contributed by atoms with Crippen LogP contribution in [0.1, 0.15) is 6.42 Å². The van der Waals surface area contributed by atoms with E-state index in [-0.39, 0.29) is 32.3 Å². The van der Waals surface area contributed by atoms with Crippen LogP contribution in [0.25, 0.3) is 0 Å². The Balaban J connectivity index is 1.43. The Hall–Kier alpha value is -2.32. The maximum Gasteiger partial charge on any atom is 0.324 e. The van der Waals surface area contributed by atoms with Gasteiger partial charge in [-0.05, 0) is 55.0 Å². The van der Waals surface area contributed by atoms with Gasteiger partial charge in [-0.2, -0.15) is 0 Å². The lowest BCUT2D eigenvalue weighted by Gasteiger charge is -2.16. The van der Waals surface area contributed by atoms with Crippen LogP contribution in [0, 0.1) is 11.3 Å². The highest BCUT2D eigenvalue weighted by atomic mass is 79.9. The van der Waals surface area contributed by atoms with Crippen LogP contribution in [0.3, 0.4) is 0 Å². The second-order valence-corrected chi connectivity index (χ2v) is 8.73. The first-order chi connectivity index (χ1) is 15.0. The van der Waals surface area contributed by atoms with Gasteiger partial charge < -0.3 is 18.9 Å². The van der Waals surface area contributed by atoms with Crippen molar-refractivity contribution in [2.75, 3.05) is 26.4 Å². The largest absolute Gasteiger partial charge is 0.490 e. The molecule has 2 aromatic rings. The summed E-state index contributed by atoms with van der Waals surface area (Å²) in [6.45, 7) is 4.11. The van der Waals surface area contributed by atoms with E-state index in [0.717, 1.165) is 8.95 Å². The number of hydrogen-bond donors (Lipinski definition) is 0. The van der Waals surface area contributed by atoms with Gasteiger partial charge in [0.1, 0.15) is 37.9 Å². The average Bonchev–Trinajstić information content (AvgIpc) is 3.52. The number of benzene rings is 2. The molecule has 0 heterocycles.